The molecule has 20 heavy (non-hydrogen) atoms. The van der Waals surface area contributed by atoms with Crippen LogP contribution in [0.15, 0.2) is 30.5 Å². The molecule has 0 unspecified atom stereocenters. The lowest BCUT2D eigenvalue weighted by molar-refractivity contribution is 0.00578. The van der Waals surface area contributed by atoms with E-state index < -0.39 is 0 Å². The van der Waals surface area contributed by atoms with Gasteiger partial charge in [0.2, 0.25) is 0 Å². The molecule has 5 heteroatoms. The summed E-state index contributed by atoms with van der Waals surface area (Å²) in [6.07, 6.45) is 1.77. The molecule has 1 aromatic heterocycles. The molecule has 1 aliphatic rings. The van der Waals surface area contributed by atoms with Crippen LogP contribution in [0.5, 0.6) is 0 Å². The summed E-state index contributed by atoms with van der Waals surface area (Å²) in [6.45, 7) is 8.20. The zero-order chi connectivity index (χ0) is 14.5. The van der Waals surface area contributed by atoms with Gasteiger partial charge in [0.1, 0.15) is 5.15 Å². The molecule has 2 aromatic rings. The van der Waals surface area contributed by atoms with Gasteiger partial charge in [-0.05, 0) is 44.6 Å². The Morgan fingerprint density at radius 3 is 2.30 bits per heavy atom. The molecular formula is C15H17BClNO2. The Morgan fingerprint density at radius 1 is 1.00 bits per heavy atom. The molecule has 0 bridgehead atoms. The van der Waals surface area contributed by atoms with E-state index in [0.717, 1.165) is 16.2 Å². The Hall–Kier alpha value is -1.10. The Balaban J connectivity index is 2.00. The van der Waals surface area contributed by atoms with E-state index in [1.54, 1.807) is 6.20 Å². The number of rotatable bonds is 1. The third-order valence-electron chi connectivity index (χ3n) is 4.24. The van der Waals surface area contributed by atoms with E-state index in [0.29, 0.717) is 5.15 Å². The van der Waals surface area contributed by atoms with Crippen LogP contribution in [-0.4, -0.2) is 23.3 Å². The lowest BCUT2D eigenvalue weighted by Crippen LogP contribution is -2.41. The molecule has 1 fully saturated rings. The molecule has 0 radical (unpaired) electrons. The molecule has 0 atom stereocenters. The highest BCUT2D eigenvalue weighted by atomic mass is 35.5. The number of nitrogens with zero attached hydrogens (tertiary/aromatic N) is 1. The number of fused-ring (bicyclic) bond motifs is 1. The summed E-state index contributed by atoms with van der Waals surface area (Å²) in [5, 5.41) is 2.58. The van der Waals surface area contributed by atoms with E-state index in [4.69, 9.17) is 20.9 Å². The molecule has 2 heterocycles. The minimum atomic E-state index is -0.351. The highest BCUT2D eigenvalue weighted by Gasteiger charge is 2.51. The molecule has 104 valence electrons. The van der Waals surface area contributed by atoms with Crippen molar-refractivity contribution in [3.63, 3.8) is 0 Å². The van der Waals surface area contributed by atoms with Crippen molar-refractivity contribution in [3.05, 3.63) is 35.6 Å². The summed E-state index contributed by atoms with van der Waals surface area (Å²) in [4.78, 5) is 4.08. The van der Waals surface area contributed by atoms with Gasteiger partial charge < -0.3 is 9.31 Å². The summed E-state index contributed by atoms with van der Waals surface area (Å²) in [5.41, 5.74) is 0.337. The topological polar surface area (TPSA) is 31.4 Å². The zero-order valence-electron chi connectivity index (χ0n) is 12.1. The first kappa shape index (κ1) is 13.9. The Morgan fingerprint density at radius 2 is 1.65 bits per heavy atom. The van der Waals surface area contributed by atoms with Gasteiger partial charge in [0.25, 0.3) is 0 Å². The standard InChI is InChI=1S/C15H17BClNO2/c1-14(2)15(3,4)20-16(19-14)12-6-5-10-9-18-13(17)8-11(10)7-12/h5-9H,1-4H3. The number of benzene rings is 1. The molecule has 1 aromatic carbocycles. The van der Waals surface area contributed by atoms with Crippen molar-refractivity contribution >= 4 is 35.0 Å². The second-order valence-electron chi connectivity index (χ2n) is 6.20. The molecule has 0 N–H and O–H groups in total. The van der Waals surface area contributed by atoms with Gasteiger partial charge in [-0.3, -0.25) is 0 Å². The van der Waals surface area contributed by atoms with Gasteiger partial charge in [-0.15, -0.1) is 0 Å². The predicted molar refractivity (Wildman–Crippen MR) is 82.5 cm³/mol. The van der Waals surface area contributed by atoms with E-state index in [-0.39, 0.29) is 18.3 Å². The van der Waals surface area contributed by atoms with Gasteiger partial charge in [0, 0.05) is 11.6 Å². The lowest BCUT2D eigenvalue weighted by atomic mass is 9.78. The molecule has 0 aliphatic carbocycles. The van der Waals surface area contributed by atoms with Crippen LogP contribution in [0.25, 0.3) is 10.8 Å². The maximum Gasteiger partial charge on any atom is 0.494 e. The van der Waals surface area contributed by atoms with E-state index in [1.165, 1.54) is 0 Å². The fourth-order valence-corrected chi connectivity index (χ4v) is 2.42. The lowest BCUT2D eigenvalue weighted by Gasteiger charge is -2.32. The van der Waals surface area contributed by atoms with E-state index in [2.05, 4.69) is 32.7 Å². The first-order chi connectivity index (χ1) is 9.28. The Kier molecular flexibility index (Phi) is 3.09. The van der Waals surface area contributed by atoms with Gasteiger partial charge in [0.15, 0.2) is 0 Å². The highest BCUT2D eigenvalue weighted by molar-refractivity contribution is 6.62. The van der Waals surface area contributed by atoms with Crippen molar-refractivity contribution in [2.45, 2.75) is 38.9 Å². The number of aromatic nitrogens is 1. The van der Waals surface area contributed by atoms with Crippen LogP contribution < -0.4 is 5.46 Å². The monoisotopic (exact) mass is 289 g/mol. The van der Waals surface area contributed by atoms with E-state index >= 15 is 0 Å². The maximum absolute atomic E-state index is 6.06. The van der Waals surface area contributed by atoms with Crippen LogP contribution in [0.2, 0.25) is 5.15 Å². The third-order valence-corrected chi connectivity index (χ3v) is 4.44. The first-order valence-electron chi connectivity index (χ1n) is 6.69. The molecule has 3 nitrogen and oxygen atoms in total. The van der Waals surface area contributed by atoms with Crippen LogP contribution in [0.1, 0.15) is 27.7 Å². The van der Waals surface area contributed by atoms with Crippen molar-refractivity contribution < 1.29 is 9.31 Å². The average molecular weight is 290 g/mol. The summed E-state index contributed by atoms with van der Waals surface area (Å²) in [5.74, 6) is 0. The van der Waals surface area contributed by atoms with Crippen LogP contribution in [0.3, 0.4) is 0 Å². The van der Waals surface area contributed by atoms with Crippen molar-refractivity contribution in [3.8, 4) is 0 Å². The normalized spacial score (nSPS) is 20.6. The van der Waals surface area contributed by atoms with Crippen molar-refractivity contribution in [2.24, 2.45) is 0 Å². The SMILES string of the molecule is CC1(C)OB(c2ccc3cnc(Cl)cc3c2)OC1(C)C. The Labute approximate surface area is 124 Å². The molecule has 1 saturated heterocycles. The fourth-order valence-electron chi connectivity index (χ4n) is 2.26. The van der Waals surface area contributed by atoms with Gasteiger partial charge in [0.05, 0.1) is 11.2 Å². The number of hydrogen-bond acceptors (Lipinski definition) is 3. The molecule has 0 saturated carbocycles. The van der Waals surface area contributed by atoms with Crippen molar-refractivity contribution in [2.75, 3.05) is 0 Å². The van der Waals surface area contributed by atoms with Gasteiger partial charge >= 0.3 is 7.12 Å². The maximum atomic E-state index is 6.06. The van der Waals surface area contributed by atoms with Gasteiger partial charge in [-0.1, -0.05) is 29.8 Å². The van der Waals surface area contributed by atoms with Gasteiger partial charge in [-0.2, -0.15) is 0 Å². The van der Waals surface area contributed by atoms with Crippen LogP contribution in [0, 0.1) is 0 Å². The number of hydrogen-bond donors (Lipinski definition) is 0. The minimum absolute atomic E-state index is 0.331. The summed E-state index contributed by atoms with van der Waals surface area (Å²) >= 11 is 5.95. The summed E-state index contributed by atoms with van der Waals surface area (Å²) < 4.78 is 12.1. The highest BCUT2D eigenvalue weighted by Crippen LogP contribution is 2.36. The van der Waals surface area contributed by atoms with E-state index in [9.17, 15) is 0 Å². The fraction of sp³-hybridized carbons (Fsp3) is 0.400. The summed E-state index contributed by atoms with van der Waals surface area (Å²) in [6, 6.07) is 7.93. The predicted octanol–water partition coefficient (Wildman–Crippen LogP) is 3.19. The van der Waals surface area contributed by atoms with Crippen molar-refractivity contribution in [1.29, 1.82) is 0 Å². The molecule has 0 spiro atoms. The van der Waals surface area contributed by atoms with Gasteiger partial charge in [-0.25, -0.2) is 4.98 Å². The quantitative estimate of drug-likeness (QED) is 0.597. The number of halogens is 1. The Bertz CT molecular complexity index is 656. The largest absolute Gasteiger partial charge is 0.494 e. The van der Waals surface area contributed by atoms with Crippen LogP contribution in [0.4, 0.5) is 0 Å². The zero-order valence-corrected chi connectivity index (χ0v) is 12.9. The minimum Gasteiger partial charge on any atom is -0.399 e. The average Bonchev–Trinajstić information content (AvgIpc) is 2.57. The molecule has 3 rings (SSSR count). The van der Waals surface area contributed by atoms with Crippen LogP contribution in [-0.2, 0) is 9.31 Å². The van der Waals surface area contributed by atoms with E-state index in [1.807, 2.05) is 24.3 Å². The third kappa shape index (κ3) is 2.22. The van der Waals surface area contributed by atoms with Crippen LogP contribution >= 0.6 is 11.6 Å². The summed E-state index contributed by atoms with van der Waals surface area (Å²) in [7, 11) is -0.351. The molecule has 1 aliphatic heterocycles. The second-order valence-corrected chi connectivity index (χ2v) is 6.59. The molecular weight excluding hydrogens is 272 g/mol. The molecule has 0 amide bonds. The second kappa shape index (κ2) is 4.45. The first-order valence-corrected chi connectivity index (χ1v) is 7.07. The number of pyridine rings is 1. The smallest absolute Gasteiger partial charge is 0.399 e. The van der Waals surface area contributed by atoms with Crippen molar-refractivity contribution in [1.82, 2.24) is 4.98 Å².